The normalized spacial score (nSPS) is 15.5. The number of hydrogen-bond acceptors (Lipinski definition) is 4. The van der Waals surface area contributed by atoms with Crippen molar-refractivity contribution in [3.8, 4) is 5.69 Å². The molecule has 3 aromatic rings. The average Bonchev–Trinajstić information content (AvgIpc) is 2.96. The molecule has 0 atom stereocenters. The van der Waals surface area contributed by atoms with Crippen LogP contribution in [0.3, 0.4) is 0 Å². The van der Waals surface area contributed by atoms with E-state index in [4.69, 9.17) is 9.97 Å². The van der Waals surface area contributed by atoms with Crippen molar-refractivity contribution in [2.45, 2.75) is 40.5 Å². The van der Waals surface area contributed by atoms with Crippen LogP contribution in [0.4, 0.5) is 5.82 Å². The molecule has 0 saturated carbocycles. The second kappa shape index (κ2) is 7.24. The van der Waals surface area contributed by atoms with Crippen molar-refractivity contribution in [3.63, 3.8) is 0 Å². The zero-order valence-electron chi connectivity index (χ0n) is 17.6. The summed E-state index contributed by atoms with van der Waals surface area (Å²) in [5.41, 5.74) is 7.21. The van der Waals surface area contributed by atoms with Gasteiger partial charge < -0.3 is 14.6 Å². The number of aliphatic hydroxyl groups is 1. The summed E-state index contributed by atoms with van der Waals surface area (Å²) >= 11 is 0. The number of aromatic nitrogens is 3. The van der Waals surface area contributed by atoms with Gasteiger partial charge in [-0.15, -0.1) is 0 Å². The van der Waals surface area contributed by atoms with E-state index < -0.39 is 0 Å². The zero-order chi connectivity index (χ0) is 20.0. The molecule has 0 aliphatic carbocycles. The van der Waals surface area contributed by atoms with Gasteiger partial charge >= 0.3 is 0 Å². The highest BCUT2D eigenvalue weighted by Crippen LogP contribution is 2.34. The molecule has 1 fully saturated rings. The van der Waals surface area contributed by atoms with Crippen LogP contribution in [0.15, 0.2) is 18.3 Å². The molecule has 5 nitrogen and oxygen atoms in total. The Hall–Kier alpha value is -2.34. The molecule has 146 valence electrons. The van der Waals surface area contributed by atoms with Crippen molar-refractivity contribution in [2.24, 2.45) is 5.92 Å². The van der Waals surface area contributed by atoms with Crippen molar-refractivity contribution < 1.29 is 5.11 Å². The first kappa shape index (κ1) is 19.0. The minimum atomic E-state index is 0.285. The Morgan fingerprint density at radius 2 is 1.68 bits per heavy atom. The van der Waals surface area contributed by atoms with E-state index in [9.17, 15) is 5.11 Å². The number of piperidine rings is 1. The maximum Gasteiger partial charge on any atom is 0.150 e. The number of fused-ring (bicyclic) bond motifs is 1. The summed E-state index contributed by atoms with van der Waals surface area (Å²) < 4.78 is 2.24. The topological polar surface area (TPSA) is 54.2 Å². The van der Waals surface area contributed by atoms with E-state index in [1.54, 1.807) is 0 Å². The molecular weight excluding hydrogens is 347 g/mol. The Bertz CT molecular complexity index is 1010. The molecule has 4 rings (SSSR count). The second-order valence-electron chi connectivity index (χ2n) is 8.34. The quantitative estimate of drug-likeness (QED) is 0.712. The lowest BCUT2D eigenvalue weighted by Gasteiger charge is -2.32. The van der Waals surface area contributed by atoms with E-state index in [-0.39, 0.29) is 6.61 Å². The third-order valence-corrected chi connectivity index (χ3v) is 5.98. The van der Waals surface area contributed by atoms with Crippen LogP contribution in [0, 0.1) is 33.6 Å². The van der Waals surface area contributed by atoms with Crippen LogP contribution in [-0.4, -0.2) is 47.2 Å². The number of nitrogens with zero attached hydrogens (tertiary/aromatic N) is 4. The van der Waals surface area contributed by atoms with Gasteiger partial charge in [-0.05, 0) is 63.1 Å². The van der Waals surface area contributed by atoms with E-state index in [0.717, 1.165) is 48.6 Å². The molecule has 1 aliphatic rings. The number of anilines is 1. The molecule has 3 heterocycles. The van der Waals surface area contributed by atoms with Gasteiger partial charge in [0.2, 0.25) is 0 Å². The number of rotatable bonds is 3. The highest BCUT2D eigenvalue weighted by molar-refractivity contribution is 6.32. The lowest BCUT2D eigenvalue weighted by Crippen LogP contribution is -2.35. The molecule has 0 bridgehead atoms. The van der Waals surface area contributed by atoms with Gasteiger partial charge in [0, 0.05) is 25.9 Å². The van der Waals surface area contributed by atoms with Crippen LogP contribution in [-0.2, 0) is 0 Å². The SMILES string of the molecule is Bc1cc(C)c(-n2cc(C)c3c(N4CCC(CO)CC4)nc(C)nc32)c(C)c1. The molecule has 0 amide bonds. The summed E-state index contributed by atoms with van der Waals surface area (Å²) in [5.74, 6) is 2.25. The van der Waals surface area contributed by atoms with Gasteiger partial charge in [-0.1, -0.05) is 17.6 Å². The van der Waals surface area contributed by atoms with Gasteiger partial charge in [0.25, 0.3) is 0 Å². The maximum absolute atomic E-state index is 9.46. The van der Waals surface area contributed by atoms with E-state index in [0.29, 0.717) is 5.92 Å². The molecule has 6 heteroatoms. The monoisotopic (exact) mass is 376 g/mol. The molecule has 28 heavy (non-hydrogen) atoms. The summed E-state index contributed by atoms with van der Waals surface area (Å²) in [6.45, 7) is 10.6. The molecule has 1 aliphatic heterocycles. The average molecular weight is 376 g/mol. The molecular formula is C22H29BN4O. The van der Waals surface area contributed by atoms with Gasteiger partial charge in [0.15, 0.2) is 5.65 Å². The lowest BCUT2D eigenvalue weighted by atomic mass is 9.91. The van der Waals surface area contributed by atoms with Crippen LogP contribution in [0.5, 0.6) is 0 Å². The van der Waals surface area contributed by atoms with Crippen LogP contribution in [0.1, 0.15) is 35.4 Å². The molecule has 0 spiro atoms. The Kier molecular flexibility index (Phi) is 4.92. The molecule has 2 aromatic heterocycles. The Balaban J connectivity index is 1.88. The fraction of sp³-hybridized carbons (Fsp3) is 0.455. The van der Waals surface area contributed by atoms with Gasteiger partial charge in [0.1, 0.15) is 19.5 Å². The molecule has 0 unspecified atom stereocenters. The largest absolute Gasteiger partial charge is 0.396 e. The lowest BCUT2D eigenvalue weighted by molar-refractivity contribution is 0.203. The standard InChI is InChI=1S/C22H29BN4O/c1-13-9-18(23)10-14(2)20(13)27-11-15(3)19-21(24-16(4)25-22(19)27)26-7-5-17(12-28)6-8-26/h9-11,17,28H,5-8,12,23H2,1-4H3. The van der Waals surface area contributed by atoms with Crippen LogP contribution >= 0.6 is 0 Å². The van der Waals surface area contributed by atoms with Crippen LogP contribution in [0.25, 0.3) is 16.7 Å². The summed E-state index contributed by atoms with van der Waals surface area (Å²) in [5, 5.41) is 10.6. The van der Waals surface area contributed by atoms with E-state index in [2.05, 4.69) is 56.4 Å². The fourth-order valence-electron chi connectivity index (χ4n) is 4.67. The summed E-state index contributed by atoms with van der Waals surface area (Å²) in [7, 11) is 2.14. The predicted octanol–water partition coefficient (Wildman–Crippen LogP) is 2.12. The highest BCUT2D eigenvalue weighted by atomic mass is 16.3. The molecule has 0 radical (unpaired) electrons. The van der Waals surface area contributed by atoms with E-state index in [1.165, 1.54) is 27.8 Å². The minimum absolute atomic E-state index is 0.285. The van der Waals surface area contributed by atoms with Crippen LogP contribution in [0.2, 0.25) is 0 Å². The van der Waals surface area contributed by atoms with Crippen molar-refractivity contribution in [2.75, 3.05) is 24.6 Å². The first-order valence-corrected chi connectivity index (χ1v) is 10.2. The third-order valence-electron chi connectivity index (χ3n) is 5.98. The highest BCUT2D eigenvalue weighted by Gasteiger charge is 2.24. The number of benzene rings is 1. The van der Waals surface area contributed by atoms with Gasteiger partial charge in [-0.25, -0.2) is 9.97 Å². The van der Waals surface area contributed by atoms with Crippen molar-refractivity contribution in [1.82, 2.24) is 14.5 Å². The zero-order valence-corrected chi connectivity index (χ0v) is 17.6. The van der Waals surface area contributed by atoms with Crippen molar-refractivity contribution >= 4 is 30.2 Å². The van der Waals surface area contributed by atoms with Gasteiger partial charge in [-0.3, -0.25) is 0 Å². The Morgan fingerprint density at radius 1 is 1.04 bits per heavy atom. The molecule has 1 aromatic carbocycles. The van der Waals surface area contributed by atoms with Gasteiger partial charge in [-0.2, -0.15) is 0 Å². The van der Waals surface area contributed by atoms with Crippen molar-refractivity contribution in [1.29, 1.82) is 0 Å². The van der Waals surface area contributed by atoms with Gasteiger partial charge in [0.05, 0.1) is 11.1 Å². The van der Waals surface area contributed by atoms with Crippen molar-refractivity contribution in [3.05, 3.63) is 40.8 Å². The first-order valence-electron chi connectivity index (χ1n) is 10.2. The Morgan fingerprint density at radius 3 is 2.29 bits per heavy atom. The third kappa shape index (κ3) is 3.20. The molecule has 1 saturated heterocycles. The molecule has 1 N–H and O–H groups in total. The smallest absolute Gasteiger partial charge is 0.150 e. The number of aryl methyl sites for hydroxylation is 4. The maximum atomic E-state index is 9.46. The fourth-order valence-corrected chi connectivity index (χ4v) is 4.67. The predicted molar refractivity (Wildman–Crippen MR) is 118 cm³/mol. The summed E-state index contributed by atoms with van der Waals surface area (Å²) in [4.78, 5) is 12.1. The first-order chi connectivity index (χ1) is 13.4. The summed E-state index contributed by atoms with van der Waals surface area (Å²) in [6, 6.07) is 4.47. The van der Waals surface area contributed by atoms with E-state index >= 15 is 0 Å². The van der Waals surface area contributed by atoms with E-state index in [1.807, 2.05) is 6.92 Å². The minimum Gasteiger partial charge on any atom is -0.396 e. The summed E-state index contributed by atoms with van der Waals surface area (Å²) in [6.07, 6.45) is 4.22. The number of hydrogen-bond donors (Lipinski definition) is 1. The second-order valence-corrected chi connectivity index (χ2v) is 8.34. The van der Waals surface area contributed by atoms with Crippen LogP contribution < -0.4 is 10.4 Å². The number of aliphatic hydroxyl groups excluding tert-OH is 1. The Labute approximate surface area is 167 Å².